The summed E-state index contributed by atoms with van der Waals surface area (Å²) in [7, 11) is 9.53. The summed E-state index contributed by atoms with van der Waals surface area (Å²) in [6.07, 6.45) is 11.2. The lowest BCUT2D eigenvalue weighted by atomic mass is 9.79. The predicted octanol–water partition coefficient (Wildman–Crippen LogP) is 7.17. The number of nitrogens with one attached hydrogen (secondary N) is 1. The van der Waals surface area contributed by atoms with E-state index in [1.54, 1.807) is 14.2 Å². The number of anilines is 1. The molecular weight excluding hydrogens is 560 g/mol. The van der Waals surface area contributed by atoms with E-state index >= 15 is 0 Å². The number of hydrogen-bond acceptors (Lipinski definition) is 5. The summed E-state index contributed by atoms with van der Waals surface area (Å²) in [5.74, 6) is 1.71. The smallest absolute Gasteiger partial charge is 0.251 e. The van der Waals surface area contributed by atoms with Gasteiger partial charge in [0.25, 0.3) is 5.91 Å². The molecule has 0 aliphatic heterocycles. The molecule has 0 bridgehead atoms. The zero-order valence-corrected chi connectivity index (χ0v) is 29.0. The Bertz CT molecular complexity index is 1330. The van der Waals surface area contributed by atoms with Crippen molar-refractivity contribution >= 4 is 29.2 Å². The molecule has 2 aromatic carbocycles. The van der Waals surface area contributed by atoms with Crippen molar-refractivity contribution in [3.63, 3.8) is 0 Å². The number of carbonyl (C=O) groups is 2. The lowest BCUT2D eigenvalue weighted by Crippen LogP contribution is -2.50. The molecule has 0 radical (unpaired) electrons. The van der Waals surface area contributed by atoms with Crippen LogP contribution in [0.25, 0.3) is 11.6 Å². The van der Waals surface area contributed by atoms with Gasteiger partial charge in [-0.1, -0.05) is 63.8 Å². The second-order valence-electron chi connectivity index (χ2n) is 13.8. The van der Waals surface area contributed by atoms with Crippen LogP contribution in [0.5, 0.6) is 5.75 Å². The Morgan fingerprint density at radius 3 is 2.29 bits per heavy atom. The van der Waals surface area contributed by atoms with Gasteiger partial charge in [0.15, 0.2) is 0 Å². The van der Waals surface area contributed by atoms with E-state index in [1.807, 2.05) is 38.4 Å². The monoisotopic (exact) mass is 616 g/mol. The summed E-state index contributed by atoms with van der Waals surface area (Å²) in [6.45, 7) is 7.80. The van der Waals surface area contributed by atoms with E-state index in [0.29, 0.717) is 30.6 Å². The Hall–Kier alpha value is -3.32. The Labute approximate surface area is 272 Å². The molecule has 7 heteroatoms. The van der Waals surface area contributed by atoms with E-state index in [-0.39, 0.29) is 17.9 Å². The van der Waals surface area contributed by atoms with Crippen molar-refractivity contribution in [3.8, 4) is 5.75 Å². The molecule has 0 aromatic heterocycles. The molecular formula is C38H56N4O3. The molecule has 2 aliphatic rings. The molecule has 2 saturated carbocycles. The average molecular weight is 617 g/mol. The van der Waals surface area contributed by atoms with Crippen molar-refractivity contribution in [3.05, 3.63) is 59.2 Å². The Kier molecular flexibility index (Phi) is 11.8. The largest absolute Gasteiger partial charge is 0.497 e. The molecule has 45 heavy (non-hydrogen) atoms. The molecule has 2 amide bonds. The van der Waals surface area contributed by atoms with Crippen LogP contribution in [0.15, 0.2) is 42.5 Å². The maximum atomic E-state index is 14.4. The van der Waals surface area contributed by atoms with Gasteiger partial charge in [-0.2, -0.15) is 0 Å². The summed E-state index contributed by atoms with van der Waals surface area (Å²) in [5, 5.41) is 2.80. The second kappa shape index (κ2) is 15.3. The van der Waals surface area contributed by atoms with Gasteiger partial charge in [-0.25, -0.2) is 0 Å². The number of hydrogen-bond donors (Lipinski definition) is 1. The summed E-state index contributed by atoms with van der Waals surface area (Å²) in [4.78, 5) is 33.8. The van der Waals surface area contributed by atoms with E-state index in [0.717, 1.165) is 54.7 Å². The zero-order chi connectivity index (χ0) is 32.7. The second-order valence-corrected chi connectivity index (χ2v) is 13.8. The standard InChI is InChI=1S/C38H56N4O3/c1-9-13-28(3)42(26-40(5)6)37(44)38(24-27(38)2)25-41(7)35-23-31(36(43)39-4)18-21-33(35)34(30-14-11-10-12-15-30)22-29-16-19-32(45-8)20-17-29/h16-23,27-28,30H,9-15,24-26H2,1-8H3,(H,39,43)/b34-22+. The maximum absolute atomic E-state index is 14.4. The van der Waals surface area contributed by atoms with Crippen LogP contribution < -0.4 is 15.0 Å². The third-order valence-corrected chi connectivity index (χ3v) is 10.0. The number of allylic oxidation sites excluding steroid dienone is 1. The molecule has 4 rings (SSSR count). The van der Waals surface area contributed by atoms with Crippen molar-refractivity contribution in [1.29, 1.82) is 0 Å². The summed E-state index contributed by atoms with van der Waals surface area (Å²) >= 11 is 0. The first-order valence-corrected chi connectivity index (χ1v) is 16.9. The quantitative estimate of drug-likeness (QED) is 0.180. The first kappa shape index (κ1) is 34.6. The van der Waals surface area contributed by atoms with Gasteiger partial charge in [0, 0.05) is 43.5 Å². The summed E-state index contributed by atoms with van der Waals surface area (Å²) in [6, 6.07) is 14.5. The van der Waals surface area contributed by atoms with Crippen LogP contribution in [0.4, 0.5) is 5.69 Å². The molecule has 0 saturated heterocycles. The van der Waals surface area contributed by atoms with Gasteiger partial charge in [-0.05, 0) is 93.9 Å². The van der Waals surface area contributed by atoms with Gasteiger partial charge in [-0.15, -0.1) is 0 Å². The molecule has 7 nitrogen and oxygen atoms in total. The average Bonchev–Trinajstić information content (AvgIpc) is 3.71. The summed E-state index contributed by atoms with van der Waals surface area (Å²) in [5.41, 5.74) is 4.78. The minimum absolute atomic E-state index is 0.106. The highest BCUT2D eigenvalue weighted by atomic mass is 16.5. The summed E-state index contributed by atoms with van der Waals surface area (Å²) < 4.78 is 5.42. The Balaban J connectivity index is 1.77. The van der Waals surface area contributed by atoms with E-state index in [2.05, 4.69) is 72.1 Å². The van der Waals surface area contributed by atoms with Crippen LogP contribution in [0.3, 0.4) is 0 Å². The number of methoxy groups -OCH3 is 1. The van der Waals surface area contributed by atoms with E-state index in [1.165, 1.54) is 24.8 Å². The number of carbonyl (C=O) groups excluding carboxylic acids is 2. The Morgan fingerprint density at radius 1 is 1.07 bits per heavy atom. The van der Waals surface area contributed by atoms with Crippen molar-refractivity contribution in [1.82, 2.24) is 15.1 Å². The number of amides is 2. The van der Waals surface area contributed by atoms with Gasteiger partial charge in [-0.3, -0.25) is 14.5 Å². The normalized spacial score (nSPS) is 20.9. The van der Waals surface area contributed by atoms with Crippen molar-refractivity contribution in [2.45, 2.75) is 78.2 Å². The fourth-order valence-corrected chi connectivity index (χ4v) is 7.24. The van der Waals surface area contributed by atoms with Crippen LogP contribution in [0, 0.1) is 17.3 Å². The van der Waals surface area contributed by atoms with Crippen molar-refractivity contribution < 1.29 is 14.3 Å². The molecule has 2 aromatic rings. The Morgan fingerprint density at radius 2 is 1.73 bits per heavy atom. The first-order valence-electron chi connectivity index (χ1n) is 16.9. The zero-order valence-electron chi connectivity index (χ0n) is 29.0. The highest BCUT2D eigenvalue weighted by Gasteiger charge is 2.59. The van der Waals surface area contributed by atoms with Gasteiger partial charge >= 0.3 is 0 Å². The van der Waals surface area contributed by atoms with Crippen molar-refractivity contribution in [2.75, 3.05) is 53.4 Å². The molecule has 3 atom stereocenters. The van der Waals surface area contributed by atoms with Crippen molar-refractivity contribution in [2.24, 2.45) is 17.3 Å². The number of benzene rings is 2. The third kappa shape index (κ3) is 8.10. The lowest BCUT2D eigenvalue weighted by molar-refractivity contribution is -0.141. The topological polar surface area (TPSA) is 65.1 Å². The minimum atomic E-state index is -0.447. The first-order chi connectivity index (χ1) is 21.5. The maximum Gasteiger partial charge on any atom is 0.251 e. The van der Waals surface area contributed by atoms with Gasteiger partial charge in [0.1, 0.15) is 5.75 Å². The fourth-order valence-electron chi connectivity index (χ4n) is 7.24. The number of ether oxygens (including phenoxy) is 1. The highest BCUT2D eigenvalue weighted by Crippen LogP contribution is 2.55. The number of rotatable bonds is 14. The fraction of sp³-hybridized carbons (Fsp3) is 0.579. The van der Waals surface area contributed by atoms with Gasteiger partial charge < -0.3 is 19.9 Å². The lowest BCUT2D eigenvalue weighted by Gasteiger charge is -2.37. The predicted molar refractivity (Wildman–Crippen MR) is 187 cm³/mol. The van der Waals surface area contributed by atoms with Crippen LogP contribution in [0.2, 0.25) is 0 Å². The molecule has 2 fully saturated rings. The van der Waals surface area contributed by atoms with Gasteiger partial charge in [0.05, 0.1) is 19.2 Å². The van der Waals surface area contributed by atoms with Crippen LogP contribution in [0.1, 0.15) is 93.6 Å². The molecule has 0 spiro atoms. The van der Waals surface area contributed by atoms with Crippen LogP contribution in [-0.2, 0) is 4.79 Å². The van der Waals surface area contributed by atoms with Gasteiger partial charge in [0.2, 0.25) is 5.91 Å². The van der Waals surface area contributed by atoms with Crippen LogP contribution >= 0.6 is 0 Å². The number of nitrogens with zero attached hydrogens (tertiary/aromatic N) is 3. The van der Waals surface area contributed by atoms with E-state index in [4.69, 9.17) is 4.74 Å². The van der Waals surface area contributed by atoms with E-state index < -0.39 is 5.41 Å². The highest BCUT2D eigenvalue weighted by molar-refractivity contribution is 5.97. The van der Waals surface area contributed by atoms with E-state index in [9.17, 15) is 9.59 Å². The van der Waals surface area contributed by atoms with Crippen LogP contribution in [-0.4, -0.2) is 76.2 Å². The molecule has 3 unspecified atom stereocenters. The third-order valence-electron chi connectivity index (χ3n) is 10.0. The molecule has 1 N–H and O–H groups in total. The molecule has 2 aliphatic carbocycles. The molecule has 246 valence electrons. The molecule has 0 heterocycles. The minimum Gasteiger partial charge on any atom is -0.497 e. The SMILES string of the molecule is CCCC(C)N(CN(C)C)C(=O)C1(CN(C)c2cc(C(=O)NC)ccc2/C(=C/c2ccc(OC)cc2)C2CCCCC2)CC1C.